The van der Waals surface area contributed by atoms with E-state index in [1.54, 1.807) is 12.1 Å². The quantitative estimate of drug-likeness (QED) is 0.131. The zero-order valence-corrected chi connectivity index (χ0v) is 31.5. The first-order valence-corrected chi connectivity index (χ1v) is 19.5. The molecule has 0 spiro atoms. The lowest BCUT2D eigenvalue weighted by atomic mass is 9.80. The van der Waals surface area contributed by atoms with Crippen LogP contribution in [0.15, 0.2) is 128 Å². The fraction of sp³-hybridized carbons (Fsp3) is 0.333. The lowest BCUT2D eigenvalue weighted by Crippen LogP contribution is -2.39. The smallest absolute Gasteiger partial charge is 0.301 e. The number of imidazole rings is 1. The number of hydrogen-bond acceptors (Lipinski definition) is 9. The second kappa shape index (κ2) is 15.2. The Hall–Kier alpha value is -5.46. The third-order valence-electron chi connectivity index (χ3n) is 10.9. The maximum Gasteiger partial charge on any atom is 0.301 e. The first-order valence-electron chi connectivity index (χ1n) is 19.5. The van der Waals surface area contributed by atoms with Crippen LogP contribution in [0.25, 0.3) is 11.2 Å². The van der Waals surface area contributed by atoms with Crippen LogP contribution in [0, 0.1) is 0 Å². The molecule has 1 saturated carbocycles. The maximum absolute atomic E-state index is 13.3. The lowest BCUT2D eigenvalue weighted by molar-refractivity contribution is -0.205. The Bertz CT molecular complexity index is 2170. The molecule has 2 aliphatic heterocycles. The van der Waals surface area contributed by atoms with Crippen molar-refractivity contribution in [3.8, 4) is 6.01 Å². The van der Waals surface area contributed by atoms with Crippen LogP contribution in [0.2, 0.25) is 0 Å². The molecule has 4 aromatic carbocycles. The predicted octanol–water partition coefficient (Wildman–Crippen LogP) is 8.22. The molecular weight excluding hydrogens is 707 g/mol. The van der Waals surface area contributed by atoms with Gasteiger partial charge < -0.3 is 29.0 Å². The zero-order chi connectivity index (χ0) is 38.1. The van der Waals surface area contributed by atoms with Gasteiger partial charge in [0, 0.05) is 5.56 Å². The number of aromatic nitrogens is 4. The van der Waals surface area contributed by atoms with Crippen molar-refractivity contribution in [1.29, 1.82) is 0 Å². The van der Waals surface area contributed by atoms with Crippen LogP contribution in [-0.4, -0.2) is 62.2 Å². The van der Waals surface area contributed by atoms with Crippen molar-refractivity contribution in [2.24, 2.45) is 0 Å². The van der Waals surface area contributed by atoms with Crippen LogP contribution >= 0.6 is 0 Å². The van der Waals surface area contributed by atoms with E-state index in [0.29, 0.717) is 22.7 Å². The van der Waals surface area contributed by atoms with E-state index in [2.05, 4.69) is 46.7 Å². The van der Waals surface area contributed by atoms with Crippen molar-refractivity contribution in [3.63, 3.8) is 0 Å². The molecule has 0 radical (unpaired) electrons. The van der Waals surface area contributed by atoms with Gasteiger partial charge in [0.25, 0.3) is 5.91 Å². The number of amides is 1. The molecule has 4 heterocycles. The average molecular weight is 752 g/mol. The van der Waals surface area contributed by atoms with E-state index in [1.165, 1.54) is 12.7 Å². The lowest BCUT2D eigenvalue weighted by Gasteiger charge is -2.37. The Morgan fingerprint density at radius 3 is 1.96 bits per heavy atom. The first kappa shape index (κ1) is 36.2. The van der Waals surface area contributed by atoms with Crippen LogP contribution in [0.5, 0.6) is 6.01 Å². The number of ether oxygens (including phenoxy) is 5. The maximum atomic E-state index is 13.3. The molecule has 4 atom stereocenters. The van der Waals surface area contributed by atoms with E-state index >= 15 is 0 Å². The summed E-state index contributed by atoms with van der Waals surface area (Å²) >= 11 is 0. The number of benzene rings is 4. The summed E-state index contributed by atoms with van der Waals surface area (Å²) in [6.45, 7) is 3.98. The molecule has 3 aliphatic rings. The van der Waals surface area contributed by atoms with Gasteiger partial charge in [-0.25, -0.2) is 14.5 Å². The number of carbonyl (C=O) groups excluding carboxylic acids is 1. The van der Waals surface area contributed by atoms with Crippen LogP contribution in [0.1, 0.15) is 79.2 Å². The predicted molar refractivity (Wildman–Crippen MR) is 210 cm³/mol. The number of carbonyl (C=O) groups is 1. The van der Waals surface area contributed by atoms with Gasteiger partial charge in [-0.1, -0.05) is 116 Å². The summed E-state index contributed by atoms with van der Waals surface area (Å²) in [5.41, 5.74) is 3.32. The van der Waals surface area contributed by atoms with Gasteiger partial charge in [-0.05, 0) is 68.4 Å². The van der Waals surface area contributed by atoms with Gasteiger partial charge in [-0.3, -0.25) is 4.79 Å². The van der Waals surface area contributed by atoms with E-state index in [-0.39, 0.29) is 24.4 Å². The SMILES string of the molecule is CC1(C)O[C@@H]2[C@H](O1)[C@@H](COC(c1ccccc1)(c1ccccc1)c1ccccc1)O[C@H]2n1c(OC2CCCCC2)nc2c(NC(=O)c3ccccc3)ncnc21. The van der Waals surface area contributed by atoms with Crippen molar-refractivity contribution in [2.45, 2.75) is 88.0 Å². The van der Waals surface area contributed by atoms with Crippen molar-refractivity contribution in [3.05, 3.63) is 150 Å². The third kappa shape index (κ3) is 6.85. The average Bonchev–Trinajstić information content (AvgIpc) is 3.88. The van der Waals surface area contributed by atoms with E-state index in [1.807, 2.05) is 91.2 Å². The van der Waals surface area contributed by atoms with Crippen LogP contribution in [-0.2, 0) is 24.5 Å². The van der Waals surface area contributed by atoms with Gasteiger partial charge in [0.05, 0.1) is 6.61 Å². The largest absolute Gasteiger partial charge is 0.461 e. The standard InChI is InChI=1S/C45H45N5O6/c1-44(2)55-37-35(28-52-45(31-20-10-4-11-21-31,32-22-12-5-13-23-32)33-24-14-6-15-25-33)54-42(38(37)56-44)50-40-36(48-43(50)53-34-26-16-7-17-27-34)39(46-29-47-40)49-41(51)30-18-8-3-9-19-30/h3-6,8-15,18-25,29,34-35,37-38,42H,7,16-17,26-28H2,1-2H3,(H,46,47,49,51)/t35-,37-,38-,42-/m1/s1. The van der Waals surface area contributed by atoms with E-state index in [9.17, 15) is 4.79 Å². The summed E-state index contributed by atoms with van der Waals surface area (Å²) in [5, 5.41) is 2.95. The zero-order valence-electron chi connectivity index (χ0n) is 31.5. The normalized spacial score (nSPS) is 22.2. The van der Waals surface area contributed by atoms with Crippen molar-refractivity contribution < 1.29 is 28.5 Å². The highest BCUT2D eigenvalue weighted by Crippen LogP contribution is 2.48. The number of nitrogens with one attached hydrogen (secondary N) is 1. The second-order valence-corrected chi connectivity index (χ2v) is 15.1. The van der Waals surface area contributed by atoms with Gasteiger partial charge in [0.15, 0.2) is 29.0 Å². The fourth-order valence-electron chi connectivity index (χ4n) is 8.37. The molecule has 9 rings (SSSR count). The van der Waals surface area contributed by atoms with Crippen molar-refractivity contribution >= 4 is 22.9 Å². The van der Waals surface area contributed by atoms with E-state index in [0.717, 1.165) is 42.4 Å². The van der Waals surface area contributed by atoms with E-state index in [4.69, 9.17) is 33.7 Å². The fourth-order valence-corrected chi connectivity index (χ4v) is 8.37. The minimum absolute atomic E-state index is 0.0358. The molecule has 1 N–H and O–H groups in total. The molecular formula is C45H45N5O6. The molecule has 11 nitrogen and oxygen atoms in total. The topological polar surface area (TPSA) is 119 Å². The Balaban J connectivity index is 1.11. The number of nitrogens with zero attached hydrogens (tertiary/aromatic N) is 4. The van der Waals surface area contributed by atoms with Gasteiger partial charge in [-0.15, -0.1) is 0 Å². The molecule has 11 heteroatoms. The molecule has 2 saturated heterocycles. The third-order valence-corrected chi connectivity index (χ3v) is 10.9. The number of rotatable bonds is 11. The molecule has 3 fully saturated rings. The molecule has 56 heavy (non-hydrogen) atoms. The minimum Gasteiger partial charge on any atom is -0.461 e. The monoisotopic (exact) mass is 751 g/mol. The van der Waals surface area contributed by atoms with Gasteiger partial charge >= 0.3 is 6.01 Å². The van der Waals surface area contributed by atoms with Gasteiger partial charge in [0.1, 0.15) is 36.3 Å². The Morgan fingerprint density at radius 2 is 1.36 bits per heavy atom. The van der Waals surface area contributed by atoms with Crippen LogP contribution < -0.4 is 10.1 Å². The van der Waals surface area contributed by atoms with Crippen molar-refractivity contribution in [1.82, 2.24) is 19.5 Å². The summed E-state index contributed by atoms with van der Waals surface area (Å²) in [5.74, 6) is -0.944. The molecule has 0 bridgehead atoms. The Kier molecular flexibility index (Phi) is 9.84. The highest BCUT2D eigenvalue weighted by molar-refractivity contribution is 6.06. The number of hydrogen-bond donors (Lipinski definition) is 1. The highest BCUT2D eigenvalue weighted by atomic mass is 16.8. The molecule has 1 amide bonds. The number of fused-ring (bicyclic) bond motifs is 2. The molecule has 286 valence electrons. The van der Waals surface area contributed by atoms with Crippen LogP contribution in [0.4, 0.5) is 5.82 Å². The number of anilines is 1. The van der Waals surface area contributed by atoms with E-state index < -0.39 is 35.9 Å². The van der Waals surface area contributed by atoms with Crippen LogP contribution in [0.3, 0.4) is 0 Å². The summed E-state index contributed by atoms with van der Waals surface area (Å²) < 4.78 is 36.1. The molecule has 1 aliphatic carbocycles. The Labute approximate surface area is 326 Å². The second-order valence-electron chi connectivity index (χ2n) is 15.1. The summed E-state index contributed by atoms with van der Waals surface area (Å²) in [6, 6.07) is 40.1. The molecule has 6 aromatic rings. The highest BCUT2D eigenvalue weighted by Gasteiger charge is 2.57. The molecule has 2 aromatic heterocycles. The summed E-state index contributed by atoms with van der Waals surface area (Å²) in [6.07, 6.45) is 4.12. The van der Waals surface area contributed by atoms with Crippen molar-refractivity contribution in [2.75, 3.05) is 11.9 Å². The first-order chi connectivity index (χ1) is 27.4. The molecule has 0 unspecified atom stereocenters. The van der Waals surface area contributed by atoms with Gasteiger partial charge in [-0.2, -0.15) is 4.98 Å². The summed E-state index contributed by atoms with van der Waals surface area (Å²) in [7, 11) is 0. The summed E-state index contributed by atoms with van der Waals surface area (Å²) in [4.78, 5) is 27.5. The van der Waals surface area contributed by atoms with Gasteiger partial charge in [0.2, 0.25) is 0 Å². The Morgan fingerprint density at radius 1 is 0.786 bits per heavy atom. The minimum atomic E-state index is -0.967.